The molecule has 24 heavy (non-hydrogen) atoms. The van der Waals surface area contributed by atoms with Crippen molar-refractivity contribution in [3.63, 3.8) is 0 Å². The zero-order chi connectivity index (χ0) is 16.6. The minimum atomic E-state index is -0.356. The molecule has 0 spiro atoms. The maximum absolute atomic E-state index is 11.8. The van der Waals surface area contributed by atoms with Gasteiger partial charge in [0.15, 0.2) is 0 Å². The molecule has 2 aromatic rings. The van der Waals surface area contributed by atoms with Gasteiger partial charge in [-0.1, -0.05) is 30.3 Å². The number of carbonyl (C=O) groups is 1. The molecule has 1 aromatic heterocycles. The highest BCUT2D eigenvalue weighted by Gasteiger charge is 2.13. The number of pyridine rings is 1. The summed E-state index contributed by atoms with van der Waals surface area (Å²) in [5.41, 5.74) is 4.42. The van der Waals surface area contributed by atoms with Gasteiger partial charge in [-0.05, 0) is 36.1 Å². The predicted molar refractivity (Wildman–Crippen MR) is 92.3 cm³/mol. The van der Waals surface area contributed by atoms with Crippen molar-refractivity contribution in [3.8, 4) is 0 Å². The van der Waals surface area contributed by atoms with Crippen LogP contribution < -0.4 is 15.7 Å². The van der Waals surface area contributed by atoms with Crippen molar-refractivity contribution in [3.05, 3.63) is 59.8 Å². The Bertz CT molecular complexity index is 657. The number of aromatic nitrogens is 1. The summed E-state index contributed by atoms with van der Waals surface area (Å²) >= 11 is 0. The van der Waals surface area contributed by atoms with Crippen LogP contribution in [-0.4, -0.2) is 24.1 Å². The summed E-state index contributed by atoms with van der Waals surface area (Å²) in [7, 11) is 0. The zero-order valence-electron chi connectivity index (χ0n) is 13.6. The Morgan fingerprint density at radius 2 is 1.92 bits per heavy atom. The van der Waals surface area contributed by atoms with E-state index in [0.717, 1.165) is 30.0 Å². The van der Waals surface area contributed by atoms with Gasteiger partial charge in [-0.25, -0.2) is 15.3 Å². The lowest BCUT2D eigenvalue weighted by molar-refractivity contribution is 0.0490. The molecule has 0 bridgehead atoms. The molecule has 0 unspecified atom stereocenters. The molecule has 126 valence electrons. The van der Waals surface area contributed by atoms with Crippen molar-refractivity contribution in [2.45, 2.75) is 26.0 Å². The monoisotopic (exact) mass is 326 g/mol. The molecule has 1 aliphatic rings. The normalized spacial score (nSPS) is 13.8. The summed E-state index contributed by atoms with van der Waals surface area (Å²) in [6.45, 7) is 2.88. The fourth-order valence-electron chi connectivity index (χ4n) is 2.67. The molecule has 1 aromatic carbocycles. The SMILES string of the molecule is O=C(NCc1ccnc(N2CCCC2)c1)NOCc1ccccc1. The van der Waals surface area contributed by atoms with E-state index in [4.69, 9.17) is 4.84 Å². The van der Waals surface area contributed by atoms with Gasteiger partial charge in [-0.15, -0.1) is 0 Å². The van der Waals surface area contributed by atoms with E-state index in [-0.39, 0.29) is 6.03 Å². The number of hydrogen-bond acceptors (Lipinski definition) is 4. The fraction of sp³-hybridized carbons (Fsp3) is 0.333. The molecular formula is C18H22N4O2. The van der Waals surface area contributed by atoms with E-state index in [1.165, 1.54) is 12.8 Å². The van der Waals surface area contributed by atoms with Gasteiger partial charge < -0.3 is 10.2 Å². The van der Waals surface area contributed by atoms with Gasteiger partial charge in [0, 0.05) is 25.8 Å². The maximum Gasteiger partial charge on any atom is 0.338 e. The first-order valence-corrected chi connectivity index (χ1v) is 8.21. The number of carbonyl (C=O) groups excluding carboxylic acids is 1. The van der Waals surface area contributed by atoms with Crippen molar-refractivity contribution >= 4 is 11.8 Å². The highest BCUT2D eigenvalue weighted by Crippen LogP contribution is 2.18. The lowest BCUT2D eigenvalue weighted by atomic mass is 10.2. The lowest BCUT2D eigenvalue weighted by Crippen LogP contribution is -2.35. The van der Waals surface area contributed by atoms with E-state index in [2.05, 4.69) is 20.7 Å². The summed E-state index contributed by atoms with van der Waals surface area (Å²) in [5, 5.41) is 2.78. The Morgan fingerprint density at radius 1 is 1.12 bits per heavy atom. The molecule has 1 aliphatic heterocycles. The van der Waals surface area contributed by atoms with Crippen molar-refractivity contribution < 1.29 is 9.63 Å². The van der Waals surface area contributed by atoms with E-state index in [1.54, 1.807) is 6.20 Å². The number of amides is 2. The largest absolute Gasteiger partial charge is 0.357 e. The van der Waals surface area contributed by atoms with E-state index in [0.29, 0.717) is 13.2 Å². The number of anilines is 1. The topological polar surface area (TPSA) is 66.5 Å². The van der Waals surface area contributed by atoms with Gasteiger partial charge in [0.1, 0.15) is 5.82 Å². The second-order valence-electron chi connectivity index (χ2n) is 5.78. The van der Waals surface area contributed by atoms with Gasteiger partial charge >= 0.3 is 6.03 Å². The summed E-state index contributed by atoms with van der Waals surface area (Å²) in [6, 6.07) is 13.3. The summed E-state index contributed by atoms with van der Waals surface area (Å²) in [4.78, 5) is 23.6. The van der Waals surface area contributed by atoms with Crippen molar-refractivity contribution in [2.24, 2.45) is 0 Å². The number of nitrogens with zero attached hydrogens (tertiary/aromatic N) is 2. The first-order chi connectivity index (χ1) is 11.8. The van der Waals surface area contributed by atoms with Gasteiger partial charge in [0.2, 0.25) is 0 Å². The van der Waals surface area contributed by atoms with Crippen LogP contribution in [0.3, 0.4) is 0 Å². The Hall–Kier alpha value is -2.60. The molecule has 6 nitrogen and oxygen atoms in total. The van der Waals surface area contributed by atoms with E-state index >= 15 is 0 Å². The number of rotatable bonds is 6. The molecule has 2 amide bonds. The van der Waals surface area contributed by atoms with Crippen molar-refractivity contribution in [2.75, 3.05) is 18.0 Å². The Morgan fingerprint density at radius 3 is 2.71 bits per heavy atom. The maximum atomic E-state index is 11.8. The van der Waals surface area contributed by atoms with E-state index in [9.17, 15) is 4.79 Å². The molecule has 3 rings (SSSR count). The number of hydrogen-bond donors (Lipinski definition) is 2. The minimum Gasteiger partial charge on any atom is -0.357 e. The first-order valence-electron chi connectivity index (χ1n) is 8.21. The van der Waals surface area contributed by atoms with Crippen LogP contribution >= 0.6 is 0 Å². The van der Waals surface area contributed by atoms with Crippen LogP contribution in [0.1, 0.15) is 24.0 Å². The van der Waals surface area contributed by atoms with Gasteiger partial charge in [0.05, 0.1) is 6.61 Å². The third-order valence-corrected chi connectivity index (χ3v) is 3.94. The zero-order valence-corrected chi connectivity index (χ0v) is 13.6. The molecule has 0 aliphatic carbocycles. The molecule has 0 atom stereocenters. The molecule has 2 heterocycles. The minimum absolute atomic E-state index is 0.336. The van der Waals surface area contributed by atoms with Crippen LogP contribution in [0.25, 0.3) is 0 Å². The summed E-state index contributed by atoms with van der Waals surface area (Å²) < 4.78 is 0. The molecule has 0 saturated carbocycles. The number of benzene rings is 1. The molecule has 1 saturated heterocycles. The molecule has 6 heteroatoms. The average Bonchev–Trinajstić information content (AvgIpc) is 3.16. The average molecular weight is 326 g/mol. The standard InChI is InChI=1S/C18H22N4O2/c23-18(21-24-14-15-6-2-1-3-7-15)20-13-16-8-9-19-17(12-16)22-10-4-5-11-22/h1-3,6-9,12H,4-5,10-11,13-14H2,(H2,20,21,23). The molecule has 1 fully saturated rings. The molecular weight excluding hydrogens is 304 g/mol. The van der Waals surface area contributed by atoms with Crippen LogP contribution in [0.2, 0.25) is 0 Å². The summed E-state index contributed by atoms with van der Waals surface area (Å²) in [6.07, 6.45) is 4.21. The third-order valence-electron chi connectivity index (χ3n) is 3.94. The predicted octanol–water partition coefficient (Wildman–Crippen LogP) is 2.61. The highest BCUT2D eigenvalue weighted by molar-refractivity contribution is 5.72. The van der Waals surface area contributed by atoms with Gasteiger partial charge in [-0.3, -0.25) is 4.84 Å². The number of urea groups is 1. The van der Waals surface area contributed by atoms with Crippen LogP contribution in [0.5, 0.6) is 0 Å². The lowest BCUT2D eigenvalue weighted by Gasteiger charge is -2.17. The van der Waals surface area contributed by atoms with E-state index in [1.807, 2.05) is 42.5 Å². The van der Waals surface area contributed by atoms with Gasteiger partial charge in [0.25, 0.3) is 0 Å². The third kappa shape index (κ3) is 4.70. The summed E-state index contributed by atoms with van der Waals surface area (Å²) in [5.74, 6) is 0.979. The first kappa shape index (κ1) is 16.3. The fourth-order valence-corrected chi connectivity index (χ4v) is 2.67. The van der Waals surface area contributed by atoms with Crippen molar-refractivity contribution in [1.29, 1.82) is 0 Å². The Labute approximate surface area is 141 Å². The van der Waals surface area contributed by atoms with E-state index < -0.39 is 0 Å². The van der Waals surface area contributed by atoms with Crippen LogP contribution in [-0.2, 0) is 18.0 Å². The highest BCUT2D eigenvalue weighted by atomic mass is 16.7. The van der Waals surface area contributed by atoms with Crippen LogP contribution in [0.4, 0.5) is 10.6 Å². The van der Waals surface area contributed by atoms with Gasteiger partial charge in [-0.2, -0.15) is 0 Å². The van der Waals surface area contributed by atoms with Crippen LogP contribution in [0.15, 0.2) is 48.7 Å². The van der Waals surface area contributed by atoms with Crippen LogP contribution in [0, 0.1) is 0 Å². The Kier molecular flexibility index (Phi) is 5.63. The quantitative estimate of drug-likeness (QED) is 0.801. The number of hydroxylamine groups is 1. The second-order valence-corrected chi connectivity index (χ2v) is 5.78. The second kappa shape index (κ2) is 8.31. The van der Waals surface area contributed by atoms with Crippen molar-refractivity contribution in [1.82, 2.24) is 15.8 Å². The number of nitrogens with one attached hydrogen (secondary N) is 2. The molecule has 0 radical (unpaired) electrons. The molecule has 2 N–H and O–H groups in total. The Balaban J connectivity index is 1.42. The smallest absolute Gasteiger partial charge is 0.338 e.